The number of carbonyl (C=O) groups excluding carboxylic acids is 3. The van der Waals surface area contributed by atoms with Crippen molar-refractivity contribution in [3.05, 3.63) is 200 Å². The Balaban J connectivity index is 0.000000160. The number of anilines is 6. The van der Waals surface area contributed by atoms with Crippen molar-refractivity contribution in [1.82, 2.24) is 59.3 Å². The molecule has 3 aromatic heterocycles. The Hall–Kier alpha value is -11.7. The first-order valence-corrected chi connectivity index (χ1v) is 43.7. The number of hydrogen-bond donors (Lipinski definition) is 3. The fourth-order valence-corrected chi connectivity index (χ4v) is 17.8. The molecule has 6 aliphatic heterocycles. The van der Waals surface area contributed by atoms with Gasteiger partial charge in [-0.3, -0.25) is 14.4 Å². The number of aryl methyl sites for hydroxylation is 2. The summed E-state index contributed by atoms with van der Waals surface area (Å²) in [6, 6.07) is 41.1. The van der Waals surface area contributed by atoms with Crippen molar-refractivity contribution in [2.24, 2.45) is 0 Å². The Morgan fingerprint density at radius 2 is 0.685 bits per heavy atom. The molecule has 9 aromatic rings. The second-order valence-corrected chi connectivity index (χ2v) is 31.9. The van der Waals surface area contributed by atoms with Crippen LogP contribution in [0.3, 0.4) is 0 Å². The van der Waals surface area contributed by atoms with Crippen LogP contribution in [0.2, 0.25) is 5.15 Å². The number of amides is 3. The summed E-state index contributed by atoms with van der Waals surface area (Å²) < 4.78 is 43.9. The van der Waals surface area contributed by atoms with Gasteiger partial charge in [0.1, 0.15) is 5.15 Å². The van der Waals surface area contributed by atoms with E-state index in [1.807, 2.05) is 126 Å². The van der Waals surface area contributed by atoms with Crippen LogP contribution in [-0.4, -0.2) is 252 Å². The van der Waals surface area contributed by atoms with E-state index in [1.54, 1.807) is 75.2 Å². The van der Waals surface area contributed by atoms with Crippen LogP contribution in [-0.2, 0) is 19.6 Å². The van der Waals surface area contributed by atoms with Gasteiger partial charge < -0.3 is 97.9 Å². The monoisotopic (exact) mass is 1710 g/mol. The van der Waals surface area contributed by atoms with Gasteiger partial charge in [-0.2, -0.15) is 9.97 Å². The topological polar surface area (TPSA) is 268 Å². The van der Waals surface area contributed by atoms with E-state index in [9.17, 15) is 14.4 Å². The Morgan fingerprint density at radius 3 is 0.992 bits per heavy atom. The molecule has 29 nitrogen and oxygen atoms in total. The molecule has 0 aliphatic carbocycles. The van der Waals surface area contributed by atoms with Crippen LogP contribution in [0.4, 0.5) is 34.9 Å². The number of piperazine rings is 3. The highest BCUT2D eigenvalue weighted by Crippen LogP contribution is 2.45. The normalized spacial score (nSPS) is 16.0. The first-order valence-electron chi connectivity index (χ1n) is 43.3. The van der Waals surface area contributed by atoms with E-state index in [2.05, 4.69) is 114 Å². The highest BCUT2D eigenvalue weighted by Gasteiger charge is 2.41. The average molecular weight is 1710 g/mol. The Bertz CT molecular complexity index is 5060. The van der Waals surface area contributed by atoms with Crippen molar-refractivity contribution >= 4 is 64.2 Å². The third-order valence-corrected chi connectivity index (χ3v) is 24.6. The number of benzene rings is 6. The van der Waals surface area contributed by atoms with Crippen LogP contribution < -0.4 is 68.5 Å². The van der Waals surface area contributed by atoms with E-state index in [0.29, 0.717) is 115 Å². The molecule has 3 saturated heterocycles. The Kier molecular flexibility index (Phi) is 31.3. The van der Waals surface area contributed by atoms with Gasteiger partial charge in [-0.1, -0.05) is 68.8 Å². The smallest absolute Gasteiger partial charge is 0.255 e. The van der Waals surface area contributed by atoms with E-state index < -0.39 is 0 Å². The number of nitrogens with one attached hydrogen (secondary N) is 3. The second-order valence-electron chi connectivity index (χ2n) is 31.5. The number of fused-ring (bicyclic) bond motifs is 3. The zero-order chi connectivity index (χ0) is 87.3. The molecule has 3 fully saturated rings. The fourth-order valence-electron chi connectivity index (χ4n) is 17.7. The highest BCUT2D eigenvalue weighted by molar-refractivity contribution is 6.29. The predicted molar refractivity (Wildman–Crippen MR) is 486 cm³/mol. The first kappa shape index (κ1) is 90.1. The fraction of sp³-hybridized carbons (Fsp3) is 0.457. The van der Waals surface area contributed by atoms with Gasteiger partial charge in [-0.25, -0.2) is 19.9 Å². The molecule has 3 amide bonds. The largest absolute Gasteiger partial charge is 0.493 e. The number of nitrogens with zero attached hydrogens (tertiary/aromatic N) is 15. The molecule has 30 heteroatoms. The molecule has 0 saturated carbocycles. The van der Waals surface area contributed by atoms with E-state index >= 15 is 0 Å². The molecular weight excluding hydrogens is 1590 g/mol. The van der Waals surface area contributed by atoms with E-state index in [4.69, 9.17) is 49.5 Å². The van der Waals surface area contributed by atoms with E-state index in [0.717, 1.165) is 192 Å². The number of carbonyl (C=O) groups is 3. The second kappa shape index (κ2) is 43.1. The molecule has 0 bridgehead atoms. The molecule has 9 heterocycles. The number of aromatic nitrogens is 6. The van der Waals surface area contributed by atoms with Crippen LogP contribution in [0.15, 0.2) is 134 Å². The van der Waals surface area contributed by atoms with E-state index in [-0.39, 0.29) is 35.8 Å². The summed E-state index contributed by atoms with van der Waals surface area (Å²) in [6.45, 7) is 29.5. The van der Waals surface area contributed by atoms with E-state index in [1.165, 1.54) is 17.1 Å². The summed E-state index contributed by atoms with van der Waals surface area (Å²) in [5, 5.41) is 10.3. The third-order valence-electron chi connectivity index (χ3n) is 24.4. The SMILES string of the molecule is CCN1CCN(c2cccc3c2CN([C@H](CCCNc2nc(C)cc(C)n2)c2ccc(OC)c(OC)c2)C3=O)CC1.CCN1CCN(c2cccc3c2CN([C@H](CCCNc2nc(OC)cc(OC)n2)c2ccc(OC)c(OC)c2)C3=O)CC1.CCN1CCN(c2cccc3c2CN([C@H](CCCNc2nccc(Cl)n2)c2ccc(OC)c(OC)c2)C3=O)CC1. The molecule has 3 N–H and O–H groups in total. The quantitative estimate of drug-likeness (QED) is 0.0246. The molecule has 6 aliphatic rings. The minimum Gasteiger partial charge on any atom is -0.493 e. The highest BCUT2D eigenvalue weighted by atomic mass is 35.5. The molecule has 124 heavy (non-hydrogen) atoms. The van der Waals surface area contributed by atoms with Crippen molar-refractivity contribution < 1.29 is 52.3 Å². The zero-order valence-electron chi connectivity index (χ0n) is 74.1. The van der Waals surface area contributed by atoms with Gasteiger partial charge in [0, 0.05) is 186 Å². The molecule has 3 atom stereocenters. The van der Waals surface area contributed by atoms with Gasteiger partial charge in [0.15, 0.2) is 34.5 Å². The first-order chi connectivity index (χ1) is 60.4. The van der Waals surface area contributed by atoms with Gasteiger partial charge in [0.05, 0.1) is 81.1 Å². The molecule has 0 radical (unpaired) electrons. The van der Waals surface area contributed by atoms with Crippen LogP contribution >= 0.6 is 11.6 Å². The number of ether oxygens (including phenoxy) is 8. The number of methoxy groups -OCH3 is 8. The van der Waals surface area contributed by atoms with Crippen molar-refractivity contribution in [3.63, 3.8) is 0 Å². The number of rotatable bonds is 35. The van der Waals surface area contributed by atoms with Crippen molar-refractivity contribution in [2.75, 3.05) is 205 Å². The summed E-state index contributed by atoms with van der Waals surface area (Å²) in [4.78, 5) is 88.8. The zero-order valence-corrected chi connectivity index (χ0v) is 74.9. The third kappa shape index (κ3) is 21.4. The summed E-state index contributed by atoms with van der Waals surface area (Å²) in [5.41, 5.74) is 14.2. The summed E-state index contributed by atoms with van der Waals surface area (Å²) >= 11 is 6.01. The minimum absolute atomic E-state index is 0.0534. The van der Waals surface area contributed by atoms with Crippen LogP contribution in [0, 0.1) is 13.8 Å². The van der Waals surface area contributed by atoms with Crippen LogP contribution in [0.1, 0.15) is 153 Å². The average Bonchev–Trinajstić information content (AvgIpc) is 1.62. The minimum atomic E-state index is -0.174. The maximum absolute atomic E-state index is 14.0. The number of halogens is 1. The molecule has 15 rings (SSSR count). The van der Waals surface area contributed by atoms with Gasteiger partial charge >= 0.3 is 0 Å². The lowest BCUT2D eigenvalue weighted by molar-refractivity contribution is 0.0682. The summed E-state index contributed by atoms with van der Waals surface area (Å²) in [6.07, 6.45) is 6.25. The van der Waals surface area contributed by atoms with Crippen molar-refractivity contribution in [1.29, 1.82) is 0 Å². The predicted octanol–water partition coefficient (Wildman–Crippen LogP) is 14.0. The van der Waals surface area contributed by atoms with Gasteiger partial charge in [0.2, 0.25) is 29.6 Å². The lowest BCUT2D eigenvalue weighted by Gasteiger charge is -2.36. The molecule has 660 valence electrons. The Morgan fingerprint density at radius 1 is 0.363 bits per heavy atom. The summed E-state index contributed by atoms with van der Waals surface area (Å²) in [5.74, 6) is 6.54. The van der Waals surface area contributed by atoms with Gasteiger partial charge in [0.25, 0.3) is 17.7 Å². The number of likely N-dealkylation sites (N-methyl/N-ethyl adjacent to an activating group) is 3. The lowest BCUT2D eigenvalue weighted by Crippen LogP contribution is -2.46. The van der Waals surface area contributed by atoms with Gasteiger partial charge in [-0.05, 0) is 174 Å². The molecule has 0 unspecified atom stereocenters. The van der Waals surface area contributed by atoms with Crippen molar-refractivity contribution in [3.8, 4) is 46.3 Å². The maximum atomic E-state index is 14.0. The lowest BCUT2D eigenvalue weighted by atomic mass is 9.99. The standard InChI is InChI=1S/C32H42N6O5.C32H42N6O3.C30H37ClN6O3/c1-6-36-15-17-37(18-16-36)26-10-7-9-23-24(26)21-38(31(23)39)25(22-12-13-27(40-2)28(19-22)41-3)11-8-14-33-32-34-29(42-4)20-30(35-32)43-5;1-6-36-15-17-37(18-16-36)28-10-7-9-25-26(28)21-38(31(25)39)27(24-12-13-29(40-4)30(20-24)41-5)11-8-14-33-32-34-22(2)19-23(3)35-32;1-4-35-15-17-36(18-16-35)25-8-5-7-22-23(25)20-37(29(22)38)24(21-10-11-26(39-2)27(19-21)40-3)9-6-13-32-30-33-14-12-28(31)34-30/h7,9-10,12-13,19-20,25H,6,8,11,14-18,21H2,1-5H3,(H,33,34,35);7,9-10,12-13,19-20,27H,6,8,11,14-18,21H2,1-5H3,(H,33,34,35);5,7-8,10-12,14,19,24H,4,6,9,13,15-18,20H2,1-3H3,(H,32,33,34)/t25-;27-;24-/m111/s1. The van der Waals surface area contributed by atoms with Crippen LogP contribution in [0.5, 0.6) is 46.3 Å². The molecule has 6 aromatic carbocycles. The summed E-state index contributed by atoms with van der Waals surface area (Å²) in [7, 11) is 12.9. The van der Waals surface area contributed by atoms with Gasteiger partial charge in [-0.15, -0.1) is 0 Å². The van der Waals surface area contributed by atoms with Crippen molar-refractivity contribution in [2.45, 2.75) is 111 Å². The molecular formula is C94H121ClN18O11. The van der Waals surface area contributed by atoms with Crippen LogP contribution in [0.25, 0.3) is 0 Å². The maximum Gasteiger partial charge on any atom is 0.255 e. The molecule has 0 spiro atoms. The Labute approximate surface area is 734 Å². The number of hydrogen-bond acceptors (Lipinski definition) is 26.